The monoisotopic (exact) mass is 318 g/mol. The molecule has 0 unspecified atom stereocenters. The minimum atomic E-state index is -0.682. The number of hydrogen-bond acceptors (Lipinski definition) is 5. The van der Waals surface area contributed by atoms with Gasteiger partial charge in [-0.2, -0.15) is 5.10 Å². The zero-order chi connectivity index (χ0) is 17.4. The van der Waals surface area contributed by atoms with E-state index >= 15 is 0 Å². The number of ether oxygens (including phenoxy) is 1. The number of amides is 1. The van der Waals surface area contributed by atoms with E-state index in [1.807, 2.05) is 20.8 Å². The largest absolute Gasteiger partial charge is 0.432 e. The molecule has 122 valence electrons. The fraction of sp³-hybridized carbons (Fsp3) is 0.333. The lowest BCUT2D eigenvalue weighted by atomic mass is 10.1. The van der Waals surface area contributed by atoms with Crippen LogP contribution in [0.1, 0.15) is 36.8 Å². The molecule has 0 aliphatic heterocycles. The van der Waals surface area contributed by atoms with Crippen molar-refractivity contribution < 1.29 is 14.5 Å². The molecule has 0 aliphatic carbocycles. The van der Waals surface area contributed by atoms with E-state index in [4.69, 9.17) is 10.5 Å². The first-order valence-corrected chi connectivity index (χ1v) is 6.94. The molecule has 0 saturated heterocycles. The van der Waals surface area contributed by atoms with Crippen molar-refractivity contribution in [3.05, 3.63) is 45.6 Å². The molecule has 1 amide bonds. The molecule has 1 aromatic heterocycles. The van der Waals surface area contributed by atoms with Crippen molar-refractivity contribution in [1.82, 2.24) is 9.78 Å². The van der Waals surface area contributed by atoms with Crippen LogP contribution in [0.4, 0.5) is 5.69 Å². The van der Waals surface area contributed by atoms with Crippen molar-refractivity contribution in [2.45, 2.75) is 33.2 Å². The van der Waals surface area contributed by atoms with Gasteiger partial charge in [0, 0.05) is 11.6 Å². The number of benzene rings is 1. The third-order valence-corrected chi connectivity index (χ3v) is 3.21. The lowest BCUT2D eigenvalue weighted by molar-refractivity contribution is -0.385. The van der Waals surface area contributed by atoms with Gasteiger partial charge in [0.1, 0.15) is 0 Å². The molecular weight excluding hydrogens is 300 g/mol. The molecule has 23 heavy (non-hydrogen) atoms. The maximum atomic E-state index is 11.5. The highest BCUT2D eigenvalue weighted by molar-refractivity contribution is 5.92. The lowest BCUT2D eigenvalue weighted by Gasteiger charge is -2.22. The second-order valence-corrected chi connectivity index (χ2v) is 6.05. The van der Waals surface area contributed by atoms with Crippen LogP contribution in [-0.2, 0) is 5.54 Å². The van der Waals surface area contributed by atoms with Crippen molar-refractivity contribution in [2.75, 3.05) is 0 Å². The quantitative estimate of drug-likeness (QED) is 0.687. The Balaban J connectivity index is 2.60. The van der Waals surface area contributed by atoms with Crippen LogP contribution in [0.2, 0.25) is 0 Å². The Hall–Kier alpha value is -2.90. The van der Waals surface area contributed by atoms with Crippen LogP contribution >= 0.6 is 0 Å². The zero-order valence-corrected chi connectivity index (χ0v) is 13.4. The molecule has 0 atom stereocenters. The van der Waals surface area contributed by atoms with Gasteiger partial charge >= 0.3 is 5.69 Å². The van der Waals surface area contributed by atoms with Crippen LogP contribution in [0.25, 0.3) is 0 Å². The Morgan fingerprint density at radius 1 is 1.35 bits per heavy atom. The normalized spacial score (nSPS) is 11.3. The summed E-state index contributed by atoms with van der Waals surface area (Å²) in [6.45, 7) is 7.25. The van der Waals surface area contributed by atoms with Gasteiger partial charge in [-0.25, -0.2) is 4.68 Å². The summed E-state index contributed by atoms with van der Waals surface area (Å²) in [6.07, 6.45) is 0. The number of carbonyl (C=O) groups is 1. The maximum Gasteiger partial charge on any atom is 0.311 e. The van der Waals surface area contributed by atoms with E-state index in [-0.39, 0.29) is 23.0 Å². The minimum absolute atomic E-state index is 0.0713. The summed E-state index contributed by atoms with van der Waals surface area (Å²) in [5.74, 6) is -0.361. The van der Waals surface area contributed by atoms with Gasteiger partial charge in [0.25, 0.3) is 5.91 Å². The fourth-order valence-electron chi connectivity index (χ4n) is 2.09. The molecule has 0 bridgehead atoms. The van der Waals surface area contributed by atoms with Crippen LogP contribution in [-0.4, -0.2) is 20.6 Å². The average molecular weight is 318 g/mol. The predicted octanol–water partition coefficient (Wildman–Crippen LogP) is 2.75. The molecule has 0 fully saturated rings. The van der Waals surface area contributed by atoms with E-state index in [0.717, 1.165) is 0 Å². The van der Waals surface area contributed by atoms with E-state index in [1.165, 1.54) is 16.8 Å². The maximum absolute atomic E-state index is 11.5. The van der Waals surface area contributed by atoms with Crippen molar-refractivity contribution in [3.8, 4) is 11.6 Å². The van der Waals surface area contributed by atoms with E-state index in [1.54, 1.807) is 19.1 Å². The Morgan fingerprint density at radius 2 is 1.96 bits per heavy atom. The summed E-state index contributed by atoms with van der Waals surface area (Å²) in [5.41, 5.74) is 5.17. The van der Waals surface area contributed by atoms with Gasteiger partial charge in [0.15, 0.2) is 5.69 Å². The highest BCUT2D eigenvalue weighted by atomic mass is 16.6. The molecule has 0 aliphatic rings. The van der Waals surface area contributed by atoms with Gasteiger partial charge in [-0.3, -0.25) is 14.9 Å². The highest BCUT2D eigenvalue weighted by Gasteiger charge is 2.28. The Kier molecular flexibility index (Phi) is 4.09. The van der Waals surface area contributed by atoms with Crippen molar-refractivity contribution in [1.29, 1.82) is 0 Å². The molecule has 2 N–H and O–H groups in total. The summed E-state index contributed by atoms with van der Waals surface area (Å²) in [4.78, 5) is 22.1. The number of nitro groups is 1. The van der Waals surface area contributed by atoms with Crippen LogP contribution in [0.3, 0.4) is 0 Å². The molecule has 0 saturated carbocycles. The third kappa shape index (κ3) is 3.15. The van der Waals surface area contributed by atoms with Gasteiger partial charge in [0.05, 0.1) is 10.5 Å². The molecular formula is C15H18N4O4. The molecule has 8 nitrogen and oxygen atoms in total. The summed E-state index contributed by atoms with van der Waals surface area (Å²) in [5, 5.41) is 15.3. The van der Waals surface area contributed by atoms with Crippen LogP contribution < -0.4 is 10.5 Å². The van der Waals surface area contributed by atoms with E-state index in [0.29, 0.717) is 5.56 Å². The number of nitrogens with zero attached hydrogens (tertiary/aromatic N) is 3. The SMILES string of the molecule is Cc1c(C(N)=O)nn(C(C)(C)C)c1Oc1ccccc1[N+](=O)[O-]. The van der Waals surface area contributed by atoms with Crippen molar-refractivity contribution in [2.24, 2.45) is 5.73 Å². The van der Waals surface area contributed by atoms with Gasteiger partial charge in [-0.05, 0) is 33.8 Å². The minimum Gasteiger partial charge on any atom is -0.432 e. The van der Waals surface area contributed by atoms with Crippen molar-refractivity contribution in [3.63, 3.8) is 0 Å². The van der Waals surface area contributed by atoms with Gasteiger partial charge in [0.2, 0.25) is 11.6 Å². The van der Waals surface area contributed by atoms with E-state index < -0.39 is 16.4 Å². The summed E-state index contributed by atoms with van der Waals surface area (Å²) < 4.78 is 7.24. The molecule has 8 heteroatoms. The standard InChI is InChI=1S/C15H18N4O4/c1-9-12(13(16)20)17-18(15(2,3)4)14(9)23-11-8-6-5-7-10(11)19(21)22/h5-8H,1-4H3,(H2,16,20). The first-order valence-electron chi connectivity index (χ1n) is 6.94. The predicted molar refractivity (Wildman–Crippen MR) is 83.6 cm³/mol. The summed E-state index contributed by atoms with van der Waals surface area (Å²) in [6, 6.07) is 6.01. The van der Waals surface area contributed by atoms with E-state index in [2.05, 4.69) is 5.10 Å². The number of para-hydroxylation sites is 2. The zero-order valence-electron chi connectivity index (χ0n) is 13.4. The smallest absolute Gasteiger partial charge is 0.311 e. The fourth-order valence-corrected chi connectivity index (χ4v) is 2.09. The second kappa shape index (κ2) is 5.71. The molecule has 0 radical (unpaired) electrons. The molecule has 2 aromatic rings. The first kappa shape index (κ1) is 16.5. The van der Waals surface area contributed by atoms with Gasteiger partial charge < -0.3 is 10.5 Å². The average Bonchev–Trinajstić information content (AvgIpc) is 2.77. The second-order valence-electron chi connectivity index (χ2n) is 6.05. The van der Waals surface area contributed by atoms with Crippen LogP contribution in [0.15, 0.2) is 24.3 Å². The molecule has 2 rings (SSSR count). The highest BCUT2D eigenvalue weighted by Crippen LogP contribution is 2.35. The van der Waals surface area contributed by atoms with Crippen LogP contribution in [0, 0.1) is 17.0 Å². The molecule has 0 spiro atoms. The number of primary amides is 1. The Morgan fingerprint density at radius 3 is 2.48 bits per heavy atom. The summed E-state index contributed by atoms with van der Waals surface area (Å²) in [7, 11) is 0. The number of nitrogens with two attached hydrogens (primary N) is 1. The van der Waals surface area contributed by atoms with Gasteiger partial charge in [-0.15, -0.1) is 0 Å². The van der Waals surface area contributed by atoms with Crippen LogP contribution in [0.5, 0.6) is 11.6 Å². The van der Waals surface area contributed by atoms with Gasteiger partial charge in [-0.1, -0.05) is 12.1 Å². The Bertz CT molecular complexity index is 774. The number of nitro benzene ring substituents is 1. The number of carbonyl (C=O) groups excluding carboxylic acids is 1. The van der Waals surface area contributed by atoms with E-state index in [9.17, 15) is 14.9 Å². The topological polar surface area (TPSA) is 113 Å². The van der Waals surface area contributed by atoms with Crippen molar-refractivity contribution >= 4 is 11.6 Å². The first-order chi connectivity index (χ1) is 10.6. The third-order valence-electron chi connectivity index (χ3n) is 3.21. The number of aromatic nitrogens is 2. The molecule has 1 aromatic carbocycles. The summed E-state index contributed by atoms with van der Waals surface area (Å²) >= 11 is 0. The number of rotatable bonds is 4. The number of hydrogen-bond donors (Lipinski definition) is 1. The Labute approximate surface area is 133 Å². The lowest BCUT2D eigenvalue weighted by Crippen LogP contribution is -2.24. The molecule has 1 heterocycles.